The molecule has 1 saturated heterocycles. The molecule has 3 aliphatic rings. The van der Waals surface area contributed by atoms with Crippen molar-refractivity contribution in [3.63, 3.8) is 0 Å². The van der Waals surface area contributed by atoms with Gasteiger partial charge in [-0.05, 0) is 61.1 Å². The highest BCUT2D eigenvalue weighted by atomic mass is 16.5. The summed E-state index contributed by atoms with van der Waals surface area (Å²) in [5, 5.41) is 3.07. The molecule has 2 fully saturated rings. The molecule has 2 aliphatic heterocycles. The van der Waals surface area contributed by atoms with Crippen LogP contribution >= 0.6 is 0 Å². The lowest BCUT2D eigenvalue weighted by atomic mass is 9.83. The van der Waals surface area contributed by atoms with E-state index in [4.69, 9.17) is 9.47 Å². The number of likely N-dealkylation sites (N-methyl/N-ethyl adjacent to an activating group) is 1. The van der Waals surface area contributed by atoms with Crippen molar-refractivity contribution >= 4 is 17.7 Å². The van der Waals surface area contributed by atoms with Crippen LogP contribution in [0.4, 0.5) is 0 Å². The van der Waals surface area contributed by atoms with Gasteiger partial charge in [0.2, 0.25) is 17.7 Å². The van der Waals surface area contributed by atoms with Gasteiger partial charge in [-0.2, -0.15) is 0 Å². The van der Waals surface area contributed by atoms with Crippen LogP contribution in [0.1, 0.15) is 43.2 Å². The average Bonchev–Trinajstić information content (AvgIpc) is 2.85. The number of benzene rings is 2. The predicted octanol–water partition coefficient (Wildman–Crippen LogP) is 3.29. The number of amides is 3. The van der Waals surface area contributed by atoms with Crippen LogP contribution in [-0.2, 0) is 32.1 Å². The van der Waals surface area contributed by atoms with E-state index in [-0.39, 0.29) is 42.3 Å². The highest BCUT2D eigenvalue weighted by Gasteiger charge is 2.37. The Balaban J connectivity index is 1.36. The molecule has 2 heterocycles. The summed E-state index contributed by atoms with van der Waals surface area (Å²) < 4.78 is 12.4. The fourth-order valence-corrected chi connectivity index (χ4v) is 5.18. The van der Waals surface area contributed by atoms with Crippen LogP contribution in [0.3, 0.4) is 0 Å². The number of rotatable bonds is 1. The highest BCUT2D eigenvalue weighted by Crippen LogP contribution is 2.30. The Hall–Kier alpha value is -3.39. The zero-order chi connectivity index (χ0) is 25.8. The van der Waals surface area contributed by atoms with Crippen molar-refractivity contribution in [2.24, 2.45) is 5.92 Å². The Morgan fingerprint density at radius 2 is 1.70 bits per heavy atom. The first-order valence-corrected chi connectivity index (χ1v) is 13.2. The lowest BCUT2D eigenvalue weighted by Crippen LogP contribution is -2.59. The molecule has 2 atom stereocenters. The molecule has 2 aromatic carbocycles. The van der Waals surface area contributed by atoms with Gasteiger partial charge in [0.1, 0.15) is 11.5 Å². The molecular formula is C29H35N3O5. The minimum absolute atomic E-state index is 0.0379. The quantitative estimate of drug-likeness (QED) is 0.643. The minimum Gasteiger partial charge on any atom is -0.457 e. The van der Waals surface area contributed by atoms with Gasteiger partial charge in [-0.3, -0.25) is 14.4 Å². The number of likely N-dealkylation sites (tertiary alicyclic amines) is 1. The number of carbonyl (C=O) groups excluding carboxylic acids is 3. The number of carbonyl (C=O) groups is 3. The van der Waals surface area contributed by atoms with Gasteiger partial charge in [-0.25, -0.2) is 0 Å². The summed E-state index contributed by atoms with van der Waals surface area (Å²) in [6.07, 6.45) is 4.24. The third kappa shape index (κ3) is 6.31. The Morgan fingerprint density at radius 3 is 2.43 bits per heavy atom. The topological polar surface area (TPSA) is 88.2 Å². The minimum atomic E-state index is -0.341. The molecule has 37 heavy (non-hydrogen) atoms. The van der Waals surface area contributed by atoms with Crippen LogP contribution in [0.5, 0.6) is 11.5 Å². The summed E-state index contributed by atoms with van der Waals surface area (Å²) in [5.74, 6) is 1.36. The third-order valence-electron chi connectivity index (χ3n) is 7.59. The van der Waals surface area contributed by atoms with Crippen molar-refractivity contribution in [2.45, 2.75) is 57.3 Å². The number of ether oxygens (including phenoxy) is 2. The summed E-state index contributed by atoms with van der Waals surface area (Å²) in [6, 6.07) is 15.2. The van der Waals surface area contributed by atoms with E-state index in [9.17, 15) is 14.4 Å². The molecule has 4 bridgehead atoms. The van der Waals surface area contributed by atoms with E-state index in [1.54, 1.807) is 7.05 Å². The van der Waals surface area contributed by atoms with Crippen LogP contribution < -0.4 is 10.1 Å². The molecule has 1 aliphatic carbocycles. The molecule has 0 radical (unpaired) electrons. The second-order valence-electron chi connectivity index (χ2n) is 10.4. The highest BCUT2D eigenvalue weighted by molar-refractivity contribution is 5.85. The lowest BCUT2D eigenvalue weighted by Gasteiger charge is -2.41. The second kappa shape index (κ2) is 11.3. The van der Waals surface area contributed by atoms with Crippen LogP contribution in [0.2, 0.25) is 0 Å². The summed E-state index contributed by atoms with van der Waals surface area (Å²) >= 11 is 0. The van der Waals surface area contributed by atoms with Gasteiger partial charge < -0.3 is 24.6 Å². The summed E-state index contributed by atoms with van der Waals surface area (Å²) in [5.41, 5.74) is 1.96. The normalized spacial score (nSPS) is 23.6. The molecule has 2 aromatic rings. The number of nitrogens with one attached hydrogen (secondary N) is 1. The van der Waals surface area contributed by atoms with Gasteiger partial charge >= 0.3 is 0 Å². The fraction of sp³-hybridized carbons (Fsp3) is 0.483. The van der Waals surface area contributed by atoms with Crippen LogP contribution in [-0.4, -0.2) is 66.3 Å². The maximum absolute atomic E-state index is 13.0. The molecule has 5 rings (SSSR count). The Morgan fingerprint density at radius 1 is 0.973 bits per heavy atom. The zero-order valence-corrected chi connectivity index (χ0v) is 21.4. The first-order chi connectivity index (χ1) is 17.9. The zero-order valence-electron chi connectivity index (χ0n) is 21.4. The smallest absolute Gasteiger partial charge is 0.239 e. The first-order valence-electron chi connectivity index (χ1n) is 13.2. The van der Waals surface area contributed by atoms with Gasteiger partial charge in [-0.15, -0.1) is 0 Å². The van der Waals surface area contributed by atoms with E-state index in [1.165, 1.54) is 4.90 Å². The Kier molecular flexibility index (Phi) is 7.74. The predicted molar refractivity (Wildman–Crippen MR) is 138 cm³/mol. The number of fused-ring (bicyclic) bond motifs is 5. The van der Waals surface area contributed by atoms with Crippen molar-refractivity contribution in [1.29, 1.82) is 0 Å². The lowest BCUT2D eigenvalue weighted by molar-refractivity contribution is -0.143. The maximum Gasteiger partial charge on any atom is 0.239 e. The molecule has 196 valence electrons. The van der Waals surface area contributed by atoms with Crippen molar-refractivity contribution in [2.75, 3.05) is 26.7 Å². The molecular weight excluding hydrogens is 470 g/mol. The number of hydrogen-bond donors (Lipinski definition) is 1. The van der Waals surface area contributed by atoms with E-state index < -0.39 is 0 Å². The van der Waals surface area contributed by atoms with Crippen LogP contribution in [0.15, 0.2) is 48.5 Å². The second-order valence-corrected chi connectivity index (χ2v) is 10.4. The fourth-order valence-electron chi connectivity index (χ4n) is 5.18. The number of nitrogens with zero attached hydrogens (tertiary/aromatic N) is 2. The molecule has 1 saturated carbocycles. The average molecular weight is 506 g/mol. The molecule has 0 spiro atoms. The molecule has 0 unspecified atom stereocenters. The van der Waals surface area contributed by atoms with E-state index in [1.807, 2.05) is 53.4 Å². The number of aryl methyl sites for hydroxylation is 1. The van der Waals surface area contributed by atoms with Gasteiger partial charge in [0, 0.05) is 32.5 Å². The molecule has 3 amide bonds. The SMILES string of the molecule is CN1CC(=O)N[C@H]2CN(C(=O)C3CCC3)CC[C@H]2OCc2cccc(c2)Oc2cccc(c2)CCC1=O. The molecule has 0 aromatic heterocycles. The largest absolute Gasteiger partial charge is 0.457 e. The first kappa shape index (κ1) is 25.3. The van der Waals surface area contributed by atoms with Crippen molar-refractivity contribution in [3.05, 3.63) is 59.7 Å². The Labute approximate surface area is 217 Å². The van der Waals surface area contributed by atoms with Gasteiger partial charge in [-0.1, -0.05) is 30.7 Å². The molecule has 8 heteroatoms. The number of hydrogen-bond acceptors (Lipinski definition) is 5. The third-order valence-corrected chi connectivity index (χ3v) is 7.59. The molecule has 8 nitrogen and oxygen atoms in total. The van der Waals surface area contributed by atoms with Crippen LogP contribution in [0, 0.1) is 5.92 Å². The summed E-state index contributed by atoms with van der Waals surface area (Å²) in [4.78, 5) is 42.0. The van der Waals surface area contributed by atoms with Gasteiger partial charge in [0.05, 0.1) is 25.3 Å². The molecule has 1 N–H and O–H groups in total. The van der Waals surface area contributed by atoms with Crippen molar-refractivity contribution < 1.29 is 23.9 Å². The van der Waals surface area contributed by atoms with E-state index in [0.29, 0.717) is 50.5 Å². The van der Waals surface area contributed by atoms with E-state index in [0.717, 1.165) is 30.4 Å². The van der Waals surface area contributed by atoms with Crippen molar-refractivity contribution in [3.8, 4) is 11.5 Å². The monoisotopic (exact) mass is 505 g/mol. The number of piperidine rings is 1. The standard InChI is InChI=1S/C29H35N3O5/c1-31-18-27(33)30-25-17-32(29(35)22-7-4-8-22)14-13-26(25)36-19-21-6-3-10-24(16-21)37-23-9-2-5-20(15-23)11-12-28(31)34/h2-3,5-6,9-10,15-16,22,25-26H,4,7-8,11-14,17-19H2,1H3,(H,30,33)/t25-,26+/m0/s1. The van der Waals surface area contributed by atoms with Gasteiger partial charge in [0.25, 0.3) is 0 Å². The summed E-state index contributed by atoms with van der Waals surface area (Å²) in [6.45, 7) is 1.36. The van der Waals surface area contributed by atoms with E-state index >= 15 is 0 Å². The summed E-state index contributed by atoms with van der Waals surface area (Å²) in [7, 11) is 1.65. The van der Waals surface area contributed by atoms with E-state index in [2.05, 4.69) is 5.32 Å². The van der Waals surface area contributed by atoms with Gasteiger partial charge in [0.15, 0.2) is 0 Å². The van der Waals surface area contributed by atoms with Crippen molar-refractivity contribution in [1.82, 2.24) is 15.1 Å². The van der Waals surface area contributed by atoms with Crippen LogP contribution in [0.25, 0.3) is 0 Å². The Bertz CT molecular complexity index is 1150. The maximum atomic E-state index is 13.0.